The molecule has 2 nitrogen and oxygen atoms in total. The second kappa shape index (κ2) is 7.22. The summed E-state index contributed by atoms with van der Waals surface area (Å²) in [7, 11) is 0. The monoisotopic (exact) mass is 628 g/mol. The van der Waals surface area contributed by atoms with Crippen molar-refractivity contribution in [2.24, 2.45) is 0 Å². The van der Waals surface area contributed by atoms with Gasteiger partial charge < -0.3 is 0 Å². The number of aromatic nitrogens is 2. The summed E-state index contributed by atoms with van der Waals surface area (Å²) < 4.78 is 5.56. The number of fused-ring (bicyclic) bond motifs is 2. The molecule has 6 aromatic rings. The Kier molecular flexibility index (Phi) is 4.54. The first kappa shape index (κ1) is 17.6. The second-order valence-corrected chi connectivity index (χ2v) is 14.4. The molecule has 0 saturated heterocycles. The van der Waals surface area contributed by atoms with Gasteiger partial charge in [-0.3, -0.25) is 0 Å². The van der Waals surface area contributed by atoms with Gasteiger partial charge in [-0.2, -0.15) is 0 Å². The van der Waals surface area contributed by atoms with E-state index in [0.717, 1.165) is 0 Å². The van der Waals surface area contributed by atoms with E-state index in [-0.39, 0.29) is 40.9 Å². The van der Waals surface area contributed by atoms with E-state index in [4.69, 9.17) is 9.97 Å². The zero-order valence-electron chi connectivity index (χ0n) is 14.5. The van der Waals surface area contributed by atoms with E-state index in [9.17, 15) is 0 Å². The van der Waals surface area contributed by atoms with Crippen LogP contribution in [0.5, 0.6) is 0 Å². The van der Waals surface area contributed by atoms with Gasteiger partial charge >= 0.3 is 191 Å². The molecule has 0 atom stereocenters. The maximum absolute atomic E-state index is 4.89. The van der Waals surface area contributed by atoms with Gasteiger partial charge in [-0.05, 0) is 0 Å². The maximum atomic E-state index is 4.89. The number of rotatable bonds is 3. The number of hydrogen-bond donors (Lipinski definition) is 0. The fourth-order valence-electron chi connectivity index (χ4n) is 3.13. The Morgan fingerprint density at radius 2 is 0.929 bits per heavy atom. The molecule has 0 amide bonds. The van der Waals surface area contributed by atoms with Gasteiger partial charge in [0.05, 0.1) is 0 Å². The molecule has 0 radical (unpaired) electrons. The third-order valence-corrected chi connectivity index (χ3v) is 13.8. The van der Waals surface area contributed by atoms with E-state index in [1.165, 1.54) is 44.8 Å². The topological polar surface area (TPSA) is 25.8 Å². The molecule has 0 spiro atoms. The van der Waals surface area contributed by atoms with E-state index >= 15 is 0 Å². The van der Waals surface area contributed by atoms with Gasteiger partial charge in [-0.1, -0.05) is 0 Å². The van der Waals surface area contributed by atoms with Gasteiger partial charge in [0.1, 0.15) is 0 Å². The Morgan fingerprint density at radius 1 is 0.500 bits per heavy atom. The first-order valence-electron chi connectivity index (χ1n) is 8.75. The van der Waals surface area contributed by atoms with Gasteiger partial charge in [0.15, 0.2) is 0 Å². The van der Waals surface area contributed by atoms with E-state index in [2.05, 4.69) is 72.8 Å². The molecule has 6 rings (SSSR count). The van der Waals surface area contributed by atoms with Crippen molar-refractivity contribution >= 4 is 81.4 Å². The zero-order chi connectivity index (χ0) is 18.5. The molecule has 0 aliphatic heterocycles. The molecular weight excluding hydrogens is 612 g/mol. The summed E-state index contributed by atoms with van der Waals surface area (Å²) in [4.78, 5) is 15.1. The van der Waals surface area contributed by atoms with Crippen LogP contribution in [0.3, 0.4) is 0 Å². The van der Waals surface area contributed by atoms with Crippen molar-refractivity contribution in [2.75, 3.05) is 0 Å². The zero-order valence-corrected chi connectivity index (χ0v) is 20.7. The number of para-hydroxylation sites is 2. The number of thiophene rings is 2. The van der Waals surface area contributed by atoms with Crippen LogP contribution in [0.15, 0.2) is 72.8 Å². The molecule has 0 aliphatic rings. The Labute approximate surface area is 189 Å². The van der Waals surface area contributed by atoms with Crippen LogP contribution in [0, 0.1) is 0 Å². The Balaban J connectivity index is 1.35. The van der Waals surface area contributed by atoms with Crippen LogP contribution in [0.25, 0.3) is 44.8 Å². The minimum absolute atomic E-state index is 0.358. The van der Waals surface area contributed by atoms with Crippen molar-refractivity contribution in [1.82, 2.24) is 9.97 Å². The van der Waals surface area contributed by atoms with Crippen LogP contribution in [0.4, 0.5) is 0 Å². The molecule has 6 heteroatoms. The number of nitrogens with zero attached hydrogens (tertiary/aromatic N) is 2. The van der Waals surface area contributed by atoms with Gasteiger partial charge in [-0.15, -0.1) is 0 Å². The van der Waals surface area contributed by atoms with Crippen molar-refractivity contribution in [3.63, 3.8) is 0 Å². The van der Waals surface area contributed by atoms with E-state index in [0.29, 0.717) is 0 Å². The quantitative estimate of drug-likeness (QED) is 0.226. The van der Waals surface area contributed by atoms with Gasteiger partial charge in [0.25, 0.3) is 0 Å². The van der Waals surface area contributed by atoms with Crippen LogP contribution >= 0.6 is 22.7 Å². The third kappa shape index (κ3) is 3.14. The van der Waals surface area contributed by atoms with Crippen molar-refractivity contribution in [1.29, 1.82) is 0 Å². The fourth-order valence-corrected chi connectivity index (χ4v) is 11.3. The second-order valence-electron chi connectivity index (χ2n) is 6.30. The predicted molar refractivity (Wildman–Crippen MR) is 123 cm³/mol. The molecular formula is C22H12N2S2Te2. The Bertz CT molecular complexity index is 1260. The first-order chi connectivity index (χ1) is 13.8. The molecule has 4 heterocycles. The molecule has 4 aromatic heterocycles. The third-order valence-electron chi connectivity index (χ3n) is 4.46. The summed E-state index contributed by atoms with van der Waals surface area (Å²) in [5.41, 5.74) is 2.36. The normalized spacial score (nSPS) is 11.6. The van der Waals surface area contributed by atoms with Crippen molar-refractivity contribution in [3.05, 3.63) is 72.8 Å². The summed E-state index contributed by atoms with van der Waals surface area (Å²) in [6.45, 7) is 0. The Morgan fingerprint density at radius 3 is 1.39 bits per heavy atom. The molecule has 0 saturated carbocycles. The minimum atomic E-state index is -0.358. The SMILES string of the molecule is c1ccc2[te]c(-c3ccc(-c4ccc(-c5nc6ccccc6[te]5)s4)s3)nc2c1. The predicted octanol–water partition coefficient (Wildman–Crippen LogP) is 6.02. The molecule has 0 N–H and O–H groups in total. The van der Waals surface area contributed by atoms with E-state index in [1.807, 2.05) is 22.7 Å². The summed E-state index contributed by atoms with van der Waals surface area (Å²) in [5, 5.41) is 0. The fraction of sp³-hybridized carbons (Fsp3) is 0. The van der Waals surface area contributed by atoms with Gasteiger partial charge in [0, 0.05) is 0 Å². The summed E-state index contributed by atoms with van der Waals surface area (Å²) in [6, 6.07) is 26.2. The van der Waals surface area contributed by atoms with E-state index in [1.54, 1.807) is 0 Å². The molecule has 0 bridgehead atoms. The molecule has 0 fully saturated rings. The summed E-state index contributed by atoms with van der Waals surface area (Å²) >= 11 is 3.04. The summed E-state index contributed by atoms with van der Waals surface area (Å²) in [6.07, 6.45) is 0. The average Bonchev–Trinajstić information content (AvgIpc) is 3.52. The molecule has 2 aromatic carbocycles. The van der Waals surface area contributed by atoms with Crippen molar-refractivity contribution < 1.29 is 0 Å². The van der Waals surface area contributed by atoms with Crippen LogP contribution in [0.1, 0.15) is 0 Å². The van der Waals surface area contributed by atoms with Crippen molar-refractivity contribution in [3.8, 4) is 26.9 Å². The molecule has 0 aliphatic carbocycles. The van der Waals surface area contributed by atoms with Crippen molar-refractivity contribution in [2.45, 2.75) is 0 Å². The van der Waals surface area contributed by atoms with E-state index < -0.39 is 0 Å². The molecule has 28 heavy (non-hydrogen) atoms. The van der Waals surface area contributed by atoms with Crippen LogP contribution in [-0.2, 0) is 0 Å². The Hall–Kier alpha value is -1.24. The number of benzene rings is 2. The van der Waals surface area contributed by atoms with Crippen LogP contribution < -0.4 is 0 Å². The molecule has 0 unspecified atom stereocenters. The summed E-state index contributed by atoms with van der Waals surface area (Å²) in [5.74, 6) is 0. The first-order valence-corrected chi connectivity index (χ1v) is 15.0. The molecule has 134 valence electrons. The van der Waals surface area contributed by atoms with Gasteiger partial charge in [0.2, 0.25) is 0 Å². The number of hydrogen-bond acceptors (Lipinski definition) is 4. The van der Waals surface area contributed by atoms with Crippen LogP contribution in [0.2, 0.25) is 0 Å². The van der Waals surface area contributed by atoms with Gasteiger partial charge in [-0.25, -0.2) is 0 Å². The standard InChI is InChI=1S/C22H12N2S2Te2/c1-3-7-19-13(5-1)23-21(27-19)17-11-9-15(25-17)16-10-12-18(26-16)22-24-14-6-2-4-8-20(14)28-22/h1-12H. The van der Waals surface area contributed by atoms with Crippen LogP contribution in [-0.4, -0.2) is 50.8 Å². The average molecular weight is 624 g/mol.